The predicted molar refractivity (Wildman–Crippen MR) is 108 cm³/mol. The number of fused-ring (bicyclic) bond motifs is 1. The number of hydrogen-bond donors (Lipinski definition) is 3. The molecule has 2 fully saturated rings. The molecule has 1 atom stereocenters. The van der Waals surface area contributed by atoms with Crippen LogP contribution in [-0.2, 0) is 0 Å². The number of thiocarbonyl (C=S) groups is 1. The quantitative estimate of drug-likeness (QED) is 0.583. The van der Waals surface area contributed by atoms with Crippen molar-refractivity contribution in [2.75, 3.05) is 24.5 Å². The molecule has 4 heterocycles. The third-order valence-electron chi connectivity index (χ3n) is 5.61. The molecule has 4 N–H and O–H groups in total. The summed E-state index contributed by atoms with van der Waals surface area (Å²) in [5.41, 5.74) is 10.3. The summed E-state index contributed by atoms with van der Waals surface area (Å²) in [4.78, 5) is 10.3. The van der Waals surface area contributed by atoms with Crippen molar-refractivity contribution in [3.63, 3.8) is 0 Å². The van der Waals surface area contributed by atoms with Crippen molar-refractivity contribution in [2.45, 2.75) is 37.6 Å². The third kappa shape index (κ3) is 3.04. The molecule has 2 aromatic rings. The second-order valence-electron chi connectivity index (χ2n) is 7.20. The standard InChI is InChI=1S/C19H25N5S/c20-15(5-11-25)14-12-22-18-17(14)16(4-9-21-18)24-10-3-7-19(13-24)6-1-2-8-23-19/h4-5,9,11-12,23H,1-3,6-8,10,13,20H2,(H,21,22). The van der Waals surface area contributed by atoms with E-state index in [4.69, 9.17) is 18.0 Å². The molecule has 6 heteroatoms. The van der Waals surface area contributed by atoms with Gasteiger partial charge in [0.25, 0.3) is 0 Å². The predicted octanol–water partition coefficient (Wildman–Crippen LogP) is 2.97. The Morgan fingerprint density at radius 1 is 1.32 bits per heavy atom. The molecule has 0 saturated carbocycles. The summed E-state index contributed by atoms with van der Waals surface area (Å²) in [6.07, 6.45) is 12.0. The zero-order chi connectivity index (χ0) is 17.3. The minimum Gasteiger partial charge on any atom is -0.398 e. The van der Waals surface area contributed by atoms with Gasteiger partial charge in [-0.1, -0.05) is 18.6 Å². The van der Waals surface area contributed by atoms with Crippen molar-refractivity contribution in [1.29, 1.82) is 0 Å². The van der Waals surface area contributed by atoms with E-state index in [-0.39, 0.29) is 5.54 Å². The smallest absolute Gasteiger partial charge is 0.140 e. The highest BCUT2D eigenvalue weighted by Crippen LogP contribution is 2.36. The Hall–Kier alpha value is -1.92. The van der Waals surface area contributed by atoms with Gasteiger partial charge in [-0.25, -0.2) is 4.98 Å². The molecule has 0 radical (unpaired) electrons. The van der Waals surface area contributed by atoms with E-state index in [1.54, 1.807) is 11.4 Å². The molecule has 2 saturated heterocycles. The van der Waals surface area contributed by atoms with Gasteiger partial charge in [0, 0.05) is 47.7 Å². The molecule has 1 unspecified atom stereocenters. The molecular formula is C19H25N5S. The molecule has 5 nitrogen and oxygen atoms in total. The number of aromatic amines is 1. The number of hydrogen-bond acceptors (Lipinski definition) is 5. The number of piperidine rings is 2. The van der Waals surface area contributed by atoms with Crippen molar-refractivity contribution in [3.8, 4) is 0 Å². The van der Waals surface area contributed by atoms with Gasteiger partial charge in [-0.15, -0.1) is 0 Å². The van der Waals surface area contributed by atoms with E-state index in [1.165, 1.54) is 37.8 Å². The van der Waals surface area contributed by atoms with Gasteiger partial charge in [0.2, 0.25) is 0 Å². The molecule has 25 heavy (non-hydrogen) atoms. The number of aromatic nitrogens is 2. The lowest BCUT2D eigenvalue weighted by Gasteiger charge is -2.47. The lowest BCUT2D eigenvalue weighted by molar-refractivity contribution is 0.216. The number of rotatable bonds is 3. The Labute approximate surface area is 153 Å². The van der Waals surface area contributed by atoms with Gasteiger partial charge in [-0.3, -0.25) is 0 Å². The van der Waals surface area contributed by atoms with E-state index in [9.17, 15) is 0 Å². The van der Waals surface area contributed by atoms with Crippen LogP contribution in [0.3, 0.4) is 0 Å². The Morgan fingerprint density at radius 3 is 3.00 bits per heavy atom. The van der Waals surface area contributed by atoms with Crippen LogP contribution >= 0.6 is 12.2 Å². The van der Waals surface area contributed by atoms with Gasteiger partial charge in [0.1, 0.15) is 5.65 Å². The van der Waals surface area contributed by atoms with E-state index in [0.717, 1.165) is 36.2 Å². The Balaban J connectivity index is 1.74. The third-order valence-corrected chi connectivity index (χ3v) is 5.75. The highest BCUT2D eigenvalue weighted by Gasteiger charge is 2.36. The van der Waals surface area contributed by atoms with Crippen molar-refractivity contribution < 1.29 is 0 Å². The maximum absolute atomic E-state index is 6.24. The Bertz CT molecular complexity index is 798. The molecule has 132 valence electrons. The first kappa shape index (κ1) is 16.5. The van der Waals surface area contributed by atoms with E-state index in [2.05, 4.69) is 26.3 Å². The number of anilines is 1. The van der Waals surface area contributed by atoms with Gasteiger partial charge in [-0.05, 0) is 44.4 Å². The van der Waals surface area contributed by atoms with E-state index in [0.29, 0.717) is 5.70 Å². The minimum atomic E-state index is 0.262. The summed E-state index contributed by atoms with van der Waals surface area (Å²) in [6.45, 7) is 3.26. The summed E-state index contributed by atoms with van der Waals surface area (Å²) in [5.74, 6) is 0. The average molecular weight is 356 g/mol. The second kappa shape index (κ2) is 6.77. The fraction of sp³-hybridized carbons (Fsp3) is 0.474. The van der Waals surface area contributed by atoms with Gasteiger partial charge in [0.05, 0.1) is 11.1 Å². The van der Waals surface area contributed by atoms with Crippen LogP contribution in [0.15, 0.2) is 24.5 Å². The summed E-state index contributed by atoms with van der Waals surface area (Å²) in [7, 11) is 0. The maximum atomic E-state index is 6.24. The molecule has 2 aliphatic rings. The van der Waals surface area contributed by atoms with Crippen molar-refractivity contribution >= 4 is 40.0 Å². The first-order valence-corrected chi connectivity index (χ1v) is 9.57. The summed E-state index contributed by atoms with van der Waals surface area (Å²) in [5, 5.41) is 6.47. The van der Waals surface area contributed by atoms with Crippen molar-refractivity contribution in [3.05, 3.63) is 30.1 Å². The van der Waals surface area contributed by atoms with Crippen LogP contribution in [0.1, 0.15) is 37.7 Å². The normalized spacial score (nSPS) is 24.8. The summed E-state index contributed by atoms with van der Waals surface area (Å²) in [6, 6.07) is 2.12. The monoisotopic (exact) mass is 355 g/mol. The first-order chi connectivity index (χ1) is 12.2. The van der Waals surface area contributed by atoms with Gasteiger partial charge >= 0.3 is 0 Å². The van der Waals surface area contributed by atoms with E-state index >= 15 is 0 Å². The zero-order valence-corrected chi connectivity index (χ0v) is 15.2. The van der Waals surface area contributed by atoms with Gasteiger partial charge in [-0.2, -0.15) is 0 Å². The molecular weight excluding hydrogens is 330 g/mol. The topological polar surface area (TPSA) is 70.0 Å². The number of pyridine rings is 1. The molecule has 4 rings (SSSR count). The van der Waals surface area contributed by atoms with Crippen molar-refractivity contribution in [1.82, 2.24) is 15.3 Å². The highest BCUT2D eigenvalue weighted by molar-refractivity contribution is 7.79. The fourth-order valence-electron chi connectivity index (χ4n) is 4.41. The fourth-order valence-corrected chi connectivity index (χ4v) is 4.56. The van der Waals surface area contributed by atoms with Crippen LogP contribution in [0.4, 0.5) is 5.69 Å². The Morgan fingerprint density at radius 2 is 2.20 bits per heavy atom. The zero-order valence-electron chi connectivity index (χ0n) is 14.4. The largest absolute Gasteiger partial charge is 0.398 e. The van der Waals surface area contributed by atoms with Crippen LogP contribution in [0.2, 0.25) is 0 Å². The van der Waals surface area contributed by atoms with Gasteiger partial charge < -0.3 is 20.9 Å². The summed E-state index contributed by atoms with van der Waals surface area (Å²) >= 11 is 4.94. The number of nitrogens with zero attached hydrogens (tertiary/aromatic N) is 2. The van der Waals surface area contributed by atoms with Gasteiger partial charge in [0.15, 0.2) is 0 Å². The second-order valence-corrected chi connectivity index (χ2v) is 7.48. The molecule has 0 aromatic carbocycles. The molecule has 0 amide bonds. The minimum absolute atomic E-state index is 0.262. The number of allylic oxidation sites excluding steroid dienone is 1. The average Bonchev–Trinajstić information content (AvgIpc) is 3.07. The number of nitrogens with two attached hydrogens (primary N) is 1. The van der Waals surface area contributed by atoms with Crippen molar-refractivity contribution in [2.24, 2.45) is 5.73 Å². The maximum Gasteiger partial charge on any atom is 0.140 e. The van der Waals surface area contributed by atoms with Crippen LogP contribution in [0, 0.1) is 0 Å². The van der Waals surface area contributed by atoms with Crippen LogP contribution in [0.5, 0.6) is 0 Å². The van der Waals surface area contributed by atoms with Crippen LogP contribution in [-0.4, -0.2) is 40.5 Å². The summed E-state index contributed by atoms with van der Waals surface area (Å²) < 4.78 is 0. The molecule has 0 aliphatic carbocycles. The lowest BCUT2D eigenvalue weighted by Crippen LogP contribution is -2.59. The van der Waals surface area contributed by atoms with E-state index < -0.39 is 0 Å². The van der Waals surface area contributed by atoms with Crippen LogP contribution in [0.25, 0.3) is 16.7 Å². The lowest BCUT2D eigenvalue weighted by atomic mass is 9.81. The number of nitrogens with one attached hydrogen (secondary N) is 2. The number of H-pyrrole nitrogens is 1. The highest BCUT2D eigenvalue weighted by atomic mass is 32.1. The molecule has 1 spiro atoms. The molecule has 2 aliphatic heterocycles. The molecule has 2 aromatic heterocycles. The SMILES string of the molecule is NC(=CC=S)c1c[nH]c2nccc(N3CCCC4(CCCCN4)C3)c12. The Kier molecular flexibility index (Phi) is 4.48. The first-order valence-electron chi connectivity index (χ1n) is 9.10. The van der Waals surface area contributed by atoms with Crippen LogP contribution < -0.4 is 16.0 Å². The molecule has 0 bridgehead atoms. The van der Waals surface area contributed by atoms with E-state index in [1.807, 2.05) is 12.4 Å².